The molecule has 2 amide bonds. The van der Waals surface area contributed by atoms with Crippen molar-refractivity contribution in [2.24, 2.45) is 0 Å². The van der Waals surface area contributed by atoms with Gasteiger partial charge in [0, 0.05) is 42.6 Å². The highest BCUT2D eigenvalue weighted by Gasteiger charge is 2.31. The van der Waals surface area contributed by atoms with Crippen LogP contribution in [-0.4, -0.2) is 61.8 Å². The molecule has 3 atom stereocenters. The quantitative estimate of drug-likeness (QED) is 0.187. The second-order valence-corrected chi connectivity index (χ2v) is 9.86. The predicted octanol–water partition coefficient (Wildman–Crippen LogP) is 2.10. The van der Waals surface area contributed by atoms with Crippen LogP contribution in [-0.2, 0) is 38.6 Å². The van der Waals surface area contributed by atoms with Crippen molar-refractivity contribution in [3.63, 3.8) is 0 Å². The lowest BCUT2D eigenvalue weighted by molar-refractivity contribution is -0.142. The summed E-state index contributed by atoms with van der Waals surface area (Å²) < 4.78 is 6.51. The van der Waals surface area contributed by atoms with Crippen LogP contribution >= 0.6 is 0 Å². The Kier molecular flexibility index (Phi) is 8.39. The average Bonchev–Trinajstić information content (AvgIpc) is 3.72. The van der Waals surface area contributed by atoms with Gasteiger partial charge in [-0.25, -0.2) is 19.1 Å². The first kappa shape index (κ1) is 27.6. The summed E-state index contributed by atoms with van der Waals surface area (Å²) >= 11 is 0. The largest absolute Gasteiger partial charge is 0.480 e. The smallest absolute Gasteiger partial charge is 0.419 e. The molecule has 1 aliphatic rings. The SMILES string of the molecule is O=C1CC[C@@H](N[C@H](Cc2cn(C(=O)OCc3ccccc3)cn2)C(=O)N[C@@H](Cc2c[nH]c3ccccc23)C(=O)O)N1. The number of hydrogen-bond acceptors (Lipinski definition) is 7. The van der Waals surface area contributed by atoms with Crippen molar-refractivity contribution < 1.29 is 29.0 Å². The third-order valence-corrected chi connectivity index (χ3v) is 6.89. The summed E-state index contributed by atoms with van der Waals surface area (Å²) in [5, 5.41) is 19.3. The van der Waals surface area contributed by atoms with E-state index >= 15 is 0 Å². The van der Waals surface area contributed by atoms with E-state index in [0.29, 0.717) is 18.5 Å². The second-order valence-electron chi connectivity index (χ2n) is 9.86. The molecule has 2 aromatic heterocycles. The number of aliphatic carboxylic acids is 1. The number of ether oxygens (including phenoxy) is 1. The highest BCUT2D eigenvalue weighted by atomic mass is 16.5. The maximum atomic E-state index is 13.4. The zero-order chi connectivity index (χ0) is 28.8. The van der Waals surface area contributed by atoms with Crippen LogP contribution in [0.25, 0.3) is 10.9 Å². The predicted molar refractivity (Wildman–Crippen MR) is 148 cm³/mol. The van der Waals surface area contributed by atoms with Crippen molar-refractivity contribution in [1.29, 1.82) is 0 Å². The minimum Gasteiger partial charge on any atom is -0.480 e. The summed E-state index contributed by atoms with van der Waals surface area (Å²) in [6.07, 6.45) is 4.29. The molecule has 0 spiro atoms. The second kappa shape index (κ2) is 12.5. The van der Waals surface area contributed by atoms with E-state index in [1.807, 2.05) is 54.6 Å². The first-order chi connectivity index (χ1) is 19.9. The van der Waals surface area contributed by atoms with Gasteiger partial charge < -0.3 is 25.5 Å². The van der Waals surface area contributed by atoms with Crippen molar-refractivity contribution in [2.45, 2.75) is 50.5 Å². The Bertz CT molecular complexity index is 1550. The van der Waals surface area contributed by atoms with Crippen LogP contribution in [0.5, 0.6) is 0 Å². The summed E-state index contributed by atoms with van der Waals surface area (Å²) in [7, 11) is 0. The Morgan fingerprint density at radius 3 is 2.61 bits per heavy atom. The molecule has 0 bridgehead atoms. The topological polar surface area (TPSA) is 167 Å². The molecule has 12 heteroatoms. The van der Waals surface area contributed by atoms with Gasteiger partial charge in [0.25, 0.3) is 0 Å². The van der Waals surface area contributed by atoms with Gasteiger partial charge in [0.1, 0.15) is 19.0 Å². The van der Waals surface area contributed by atoms with Crippen molar-refractivity contribution in [1.82, 2.24) is 30.5 Å². The van der Waals surface area contributed by atoms with Gasteiger partial charge in [-0.1, -0.05) is 48.5 Å². The Hall–Kier alpha value is -4.97. The lowest BCUT2D eigenvalue weighted by Gasteiger charge is -2.24. The van der Waals surface area contributed by atoms with Crippen molar-refractivity contribution in [3.8, 4) is 0 Å². The summed E-state index contributed by atoms with van der Waals surface area (Å²) in [5.74, 6) is -1.89. The minimum absolute atomic E-state index is 0.0383. The van der Waals surface area contributed by atoms with Crippen LogP contribution in [0, 0.1) is 0 Å². The van der Waals surface area contributed by atoms with Crippen LogP contribution in [0.3, 0.4) is 0 Å². The number of fused-ring (bicyclic) bond motifs is 1. The van der Waals surface area contributed by atoms with Crippen LogP contribution in [0.2, 0.25) is 0 Å². The molecule has 5 N–H and O–H groups in total. The molecule has 1 aliphatic heterocycles. The van der Waals surface area contributed by atoms with Crippen LogP contribution in [0.4, 0.5) is 4.79 Å². The van der Waals surface area contributed by atoms with Gasteiger partial charge in [0.05, 0.1) is 17.9 Å². The normalized spacial score (nSPS) is 16.2. The third kappa shape index (κ3) is 6.97. The molecule has 5 rings (SSSR count). The van der Waals surface area contributed by atoms with Crippen LogP contribution < -0.4 is 16.0 Å². The fourth-order valence-corrected chi connectivity index (χ4v) is 4.77. The fraction of sp³-hybridized carbons (Fsp3) is 0.276. The lowest BCUT2D eigenvalue weighted by Crippen LogP contribution is -2.55. The van der Waals surface area contributed by atoms with Gasteiger partial charge in [-0.3, -0.25) is 14.9 Å². The zero-order valence-electron chi connectivity index (χ0n) is 22.1. The molecule has 4 aromatic rings. The van der Waals surface area contributed by atoms with E-state index in [-0.39, 0.29) is 25.4 Å². The van der Waals surface area contributed by atoms with E-state index in [1.54, 1.807) is 6.20 Å². The van der Waals surface area contributed by atoms with Crippen molar-refractivity contribution >= 4 is 34.8 Å². The highest BCUT2D eigenvalue weighted by molar-refractivity contribution is 5.89. The van der Waals surface area contributed by atoms with Gasteiger partial charge in [0.15, 0.2) is 0 Å². The summed E-state index contributed by atoms with van der Waals surface area (Å²) in [6.45, 7) is 0.0914. The molecule has 212 valence electrons. The maximum absolute atomic E-state index is 13.4. The molecule has 3 heterocycles. The Labute approximate surface area is 235 Å². The van der Waals surface area contributed by atoms with Gasteiger partial charge >= 0.3 is 12.1 Å². The average molecular weight is 559 g/mol. The first-order valence-electron chi connectivity index (χ1n) is 13.2. The Balaban J connectivity index is 1.27. The zero-order valence-corrected chi connectivity index (χ0v) is 22.1. The number of H-pyrrole nitrogens is 1. The number of carbonyl (C=O) groups is 4. The molecular weight excluding hydrogens is 528 g/mol. The monoisotopic (exact) mass is 558 g/mol. The molecule has 12 nitrogen and oxygen atoms in total. The Morgan fingerprint density at radius 2 is 1.85 bits per heavy atom. The number of carboxylic acid groups (broad SMARTS) is 1. The number of para-hydroxylation sites is 1. The van der Waals surface area contributed by atoms with Gasteiger partial charge in [-0.15, -0.1) is 0 Å². The van der Waals surface area contributed by atoms with E-state index in [1.165, 1.54) is 17.1 Å². The van der Waals surface area contributed by atoms with Crippen LogP contribution in [0.15, 0.2) is 73.3 Å². The maximum Gasteiger partial charge on any atom is 0.419 e. The first-order valence-corrected chi connectivity index (χ1v) is 13.2. The summed E-state index contributed by atoms with van der Waals surface area (Å²) in [6, 6.07) is 14.6. The molecule has 2 aromatic carbocycles. The number of nitrogens with one attached hydrogen (secondary N) is 4. The summed E-state index contributed by atoms with van der Waals surface area (Å²) in [5.41, 5.74) is 2.87. The van der Waals surface area contributed by atoms with E-state index in [9.17, 15) is 24.3 Å². The number of aromatic amines is 1. The highest BCUT2D eigenvalue weighted by Crippen LogP contribution is 2.19. The summed E-state index contributed by atoms with van der Waals surface area (Å²) in [4.78, 5) is 57.2. The molecule has 0 radical (unpaired) electrons. The minimum atomic E-state index is -1.20. The van der Waals surface area contributed by atoms with E-state index in [2.05, 4.69) is 25.9 Å². The lowest BCUT2D eigenvalue weighted by atomic mass is 10.0. The number of nitrogens with zero attached hydrogens (tertiary/aromatic N) is 2. The van der Waals surface area contributed by atoms with E-state index < -0.39 is 36.2 Å². The molecule has 0 unspecified atom stereocenters. The number of imidazole rings is 1. The third-order valence-electron chi connectivity index (χ3n) is 6.89. The number of benzene rings is 2. The number of rotatable bonds is 11. The van der Waals surface area contributed by atoms with E-state index in [0.717, 1.165) is 22.0 Å². The molecule has 1 saturated heterocycles. The Morgan fingerprint density at radius 1 is 1.07 bits per heavy atom. The van der Waals surface area contributed by atoms with Crippen molar-refractivity contribution in [2.75, 3.05) is 0 Å². The number of aromatic nitrogens is 3. The number of carbonyl (C=O) groups excluding carboxylic acids is 3. The van der Waals surface area contributed by atoms with Gasteiger partial charge in [-0.2, -0.15) is 0 Å². The number of hydrogen-bond donors (Lipinski definition) is 5. The van der Waals surface area contributed by atoms with E-state index in [4.69, 9.17) is 4.74 Å². The van der Waals surface area contributed by atoms with Crippen molar-refractivity contribution in [3.05, 3.63) is 90.1 Å². The molecular formula is C29H30N6O6. The number of carboxylic acids is 1. The number of amides is 2. The standard InChI is InChI=1S/C29H30N6O6/c36-26-11-10-25(34-26)32-23(13-20-15-35(17-31-20)29(40)41-16-18-6-2-1-3-7-18)27(37)33-24(28(38)39)12-19-14-30-22-9-5-4-8-21(19)22/h1-9,14-15,17,23-25,30,32H,10-13,16H2,(H,33,37)(H,34,36)(H,38,39)/t23-,24+,25+/m1/s1. The van der Waals surface area contributed by atoms with Gasteiger partial charge in [-0.05, 0) is 23.6 Å². The fourth-order valence-electron chi connectivity index (χ4n) is 4.77. The van der Waals surface area contributed by atoms with Gasteiger partial charge in [0.2, 0.25) is 11.8 Å². The molecule has 1 fully saturated rings. The molecule has 41 heavy (non-hydrogen) atoms. The molecule has 0 aliphatic carbocycles. The van der Waals surface area contributed by atoms with Crippen LogP contribution in [0.1, 0.15) is 29.7 Å². The molecule has 0 saturated carbocycles.